The van der Waals surface area contributed by atoms with E-state index in [1.807, 2.05) is 0 Å². The topological polar surface area (TPSA) is 89.3 Å². The van der Waals surface area contributed by atoms with Crippen molar-refractivity contribution >= 4 is 17.6 Å². The third-order valence-corrected chi connectivity index (χ3v) is 2.13. The number of nitrogens with two attached hydrogens (primary N) is 2. The van der Waals surface area contributed by atoms with Crippen LogP contribution in [0.5, 0.6) is 0 Å². The zero-order valence-electron chi connectivity index (χ0n) is 7.40. The highest BCUT2D eigenvalue weighted by molar-refractivity contribution is 6.30. The number of hydrogen-bond acceptors (Lipinski definition) is 3. The molecular formula is C9H11ClN2O2. The number of carboxylic acid groups (broad SMARTS) is 1. The summed E-state index contributed by atoms with van der Waals surface area (Å²) < 4.78 is 0. The van der Waals surface area contributed by atoms with Crippen LogP contribution in [-0.4, -0.2) is 17.6 Å². The van der Waals surface area contributed by atoms with Crippen LogP contribution in [0.15, 0.2) is 18.2 Å². The molecule has 0 aliphatic carbocycles. The molecule has 1 aromatic carbocycles. The van der Waals surface area contributed by atoms with Crippen molar-refractivity contribution < 1.29 is 9.90 Å². The van der Waals surface area contributed by atoms with E-state index in [0.29, 0.717) is 10.6 Å². The molecule has 0 aromatic heterocycles. The van der Waals surface area contributed by atoms with Crippen LogP contribution >= 0.6 is 11.6 Å². The molecular weight excluding hydrogens is 204 g/mol. The molecule has 0 heterocycles. The van der Waals surface area contributed by atoms with Gasteiger partial charge in [-0.1, -0.05) is 17.7 Å². The predicted octanol–water partition coefficient (Wildman–Crippen LogP) is 0.997. The van der Waals surface area contributed by atoms with Gasteiger partial charge in [-0.25, -0.2) is 4.79 Å². The molecule has 1 atom stereocenters. The summed E-state index contributed by atoms with van der Waals surface area (Å²) in [6.45, 7) is 0.196. The molecule has 14 heavy (non-hydrogen) atoms. The first-order valence-electron chi connectivity index (χ1n) is 4.04. The van der Waals surface area contributed by atoms with Crippen LogP contribution in [0, 0.1) is 0 Å². The highest BCUT2D eigenvalue weighted by atomic mass is 35.5. The van der Waals surface area contributed by atoms with E-state index < -0.39 is 12.0 Å². The van der Waals surface area contributed by atoms with Gasteiger partial charge in [-0.15, -0.1) is 0 Å². The minimum Gasteiger partial charge on any atom is -0.478 e. The molecule has 5 heteroatoms. The van der Waals surface area contributed by atoms with E-state index in [9.17, 15) is 4.79 Å². The van der Waals surface area contributed by atoms with Gasteiger partial charge in [0.15, 0.2) is 0 Å². The van der Waals surface area contributed by atoms with Gasteiger partial charge in [0, 0.05) is 17.6 Å². The Morgan fingerprint density at radius 3 is 2.71 bits per heavy atom. The van der Waals surface area contributed by atoms with Gasteiger partial charge in [-0.3, -0.25) is 0 Å². The highest BCUT2D eigenvalue weighted by Gasteiger charge is 2.14. The Labute approximate surface area is 86.5 Å². The summed E-state index contributed by atoms with van der Waals surface area (Å²) in [6, 6.07) is 4.08. The monoisotopic (exact) mass is 214 g/mol. The van der Waals surface area contributed by atoms with Crippen molar-refractivity contribution in [1.82, 2.24) is 0 Å². The van der Waals surface area contributed by atoms with Gasteiger partial charge in [-0.2, -0.15) is 0 Å². The van der Waals surface area contributed by atoms with Gasteiger partial charge >= 0.3 is 5.97 Å². The number of carbonyl (C=O) groups is 1. The maximum atomic E-state index is 10.8. The molecule has 1 aromatic rings. The Morgan fingerprint density at radius 2 is 2.21 bits per heavy atom. The Balaban J connectivity index is 3.21. The summed E-state index contributed by atoms with van der Waals surface area (Å²) in [5.41, 5.74) is 11.6. The zero-order valence-corrected chi connectivity index (χ0v) is 8.16. The fourth-order valence-electron chi connectivity index (χ4n) is 1.16. The van der Waals surface area contributed by atoms with E-state index in [4.69, 9.17) is 28.2 Å². The van der Waals surface area contributed by atoms with Crippen LogP contribution in [0.4, 0.5) is 0 Å². The largest absolute Gasteiger partial charge is 0.478 e. The second-order valence-electron chi connectivity index (χ2n) is 2.88. The first-order valence-corrected chi connectivity index (χ1v) is 4.42. The van der Waals surface area contributed by atoms with E-state index in [2.05, 4.69) is 0 Å². The Hall–Kier alpha value is -1.10. The molecule has 0 spiro atoms. The van der Waals surface area contributed by atoms with Crippen molar-refractivity contribution in [2.24, 2.45) is 11.5 Å². The zero-order chi connectivity index (χ0) is 10.7. The lowest BCUT2D eigenvalue weighted by molar-refractivity contribution is 0.0695. The maximum absolute atomic E-state index is 10.8. The average molecular weight is 215 g/mol. The minimum absolute atomic E-state index is 0.107. The first-order chi connectivity index (χ1) is 6.56. The van der Waals surface area contributed by atoms with Crippen LogP contribution in [0.2, 0.25) is 5.02 Å². The summed E-state index contributed by atoms with van der Waals surface area (Å²) in [4.78, 5) is 10.8. The summed E-state index contributed by atoms with van der Waals surface area (Å²) in [6.07, 6.45) is 0. The van der Waals surface area contributed by atoms with Gasteiger partial charge in [0.2, 0.25) is 0 Å². The molecule has 0 saturated heterocycles. The number of benzene rings is 1. The van der Waals surface area contributed by atoms with Crippen LogP contribution in [0.3, 0.4) is 0 Å². The normalized spacial score (nSPS) is 12.5. The van der Waals surface area contributed by atoms with E-state index in [0.717, 1.165) is 0 Å². The number of hydrogen-bond donors (Lipinski definition) is 3. The molecule has 5 N–H and O–H groups in total. The van der Waals surface area contributed by atoms with E-state index in [-0.39, 0.29) is 12.1 Å². The Morgan fingerprint density at radius 1 is 1.57 bits per heavy atom. The van der Waals surface area contributed by atoms with E-state index >= 15 is 0 Å². The van der Waals surface area contributed by atoms with Gasteiger partial charge in [-0.05, 0) is 17.7 Å². The number of rotatable bonds is 3. The van der Waals surface area contributed by atoms with E-state index in [1.165, 1.54) is 6.07 Å². The molecule has 0 amide bonds. The number of halogens is 1. The molecule has 4 nitrogen and oxygen atoms in total. The van der Waals surface area contributed by atoms with Gasteiger partial charge in [0.1, 0.15) is 0 Å². The first kappa shape index (κ1) is 11.0. The second kappa shape index (κ2) is 4.41. The molecule has 0 aliphatic rings. The fraction of sp³-hybridized carbons (Fsp3) is 0.222. The summed E-state index contributed by atoms with van der Waals surface area (Å²) >= 11 is 5.67. The SMILES string of the molecule is NC[C@H](N)c1ccc(Cl)cc1C(=O)O. The summed E-state index contributed by atoms with van der Waals surface area (Å²) in [5.74, 6) is -1.05. The van der Waals surface area contributed by atoms with Gasteiger partial charge in [0.05, 0.1) is 5.56 Å². The van der Waals surface area contributed by atoms with Crippen molar-refractivity contribution in [3.63, 3.8) is 0 Å². The molecule has 0 saturated carbocycles. The third kappa shape index (κ3) is 2.23. The van der Waals surface area contributed by atoms with Crippen LogP contribution in [-0.2, 0) is 0 Å². The lowest BCUT2D eigenvalue weighted by atomic mass is 10.0. The standard InChI is InChI=1S/C9H11ClN2O2/c10-5-1-2-6(8(12)4-11)7(3-5)9(13)14/h1-3,8H,4,11-12H2,(H,13,14)/t8-/m0/s1. The maximum Gasteiger partial charge on any atom is 0.336 e. The van der Waals surface area contributed by atoms with Crippen LogP contribution in [0.1, 0.15) is 22.0 Å². The predicted molar refractivity (Wildman–Crippen MR) is 54.4 cm³/mol. The molecule has 0 unspecified atom stereocenters. The lowest BCUT2D eigenvalue weighted by Gasteiger charge is -2.12. The molecule has 1 rings (SSSR count). The van der Waals surface area contributed by atoms with Gasteiger partial charge in [0.25, 0.3) is 0 Å². The Bertz CT molecular complexity index is 355. The quantitative estimate of drug-likeness (QED) is 0.700. The van der Waals surface area contributed by atoms with Crippen molar-refractivity contribution in [3.8, 4) is 0 Å². The van der Waals surface area contributed by atoms with Crippen molar-refractivity contribution in [3.05, 3.63) is 34.3 Å². The number of aromatic carboxylic acids is 1. The molecule has 0 aliphatic heterocycles. The summed E-state index contributed by atoms with van der Waals surface area (Å²) in [5, 5.41) is 9.25. The van der Waals surface area contributed by atoms with E-state index in [1.54, 1.807) is 12.1 Å². The van der Waals surface area contributed by atoms with Crippen LogP contribution in [0.25, 0.3) is 0 Å². The average Bonchev–Trinajstić information content (AvgIpc) is 2.16. The highest BCUT2D eigenvalue weighted by Crippen LogP contribution is 2.20. The molecule has 76 valence electrons. The van der Waals surface area contributed by atoms with Crippen molar-refractivity contribution in [1.29, 1.82) is 0 Å². The second-order valence-corrected chi connectivity index (χ2v) is 3.32. The number of carboxylic acids is 1. The molecule has 0 fully saturated rings. The summed E-state index contributed by atoms with van der Waals surface area (Å²) in [7, 11) is 0. The smallest absolute Gasteiger partial charge is 0.336 e. The van der Waals surface area contributed by atoms with Crippen molar-refractivity contribution in [2.75, 3.05) is 6.54 Å². The molecule has 0 bridgehead atoms. The third-order valence-electron chi connectivity index (χ3n) is 1.90. The Kier molecular flexibility index (Phi) is 3.46. The van der Waals surface area contributed by atoms with Gasteiger partial charge < -0.3 is 16.6 Å². The van der Waals surface area contributed by atoms with Crippen molar-refractivity contribution in [2.45, 2.75) is 6.04 Å². The molecule has 0 radical (unpaired) electrons. The minimum atomic E-state index is -1.05. The van der Waals surface area contributed by atoms with Crippen LogP contribution < -0.4 is 11.5 Å². The lowest BCUT2D eigenvalue weighted by Crippen LogP contribution is -2.23. The fourth-order valence-corrected chi connectivity index (χ4v) is 1.34.